The lowest BCUT2D eigenvalue weighted by Crippen LogP contribution is -2.24. The molecule has 0 aromatic carbocycles. The number of thioether (sulfide) groups is 1. The first kappa shape index (κ1) is 16.4. The summed E-state index contributed by atoms with van der Waals surface area (Å²) in [6.07, 6.45) is 0. The van der Waals surface area contributed by atoms with Crippen molar-refractivity contribution in [2.45, 2.75) is 51.2 Å². The Labute approximate surface area is 126 Å². The third-order valence-corrected chi connectivity index (χ3v) is 3.25. The normalized spacial score (nSPS) is 11.7. The molecule has 4 nitrogen and oxygen atoms in total. The lowest BCUT2D eigenvalue weighted by molar-refractivity contribution is -0.151. The monoisotopic (exact) mass is 346 g/mol. The third-order valence-electron chi connectivity index (χ3n) is 1.96. The van der Waals surface area contributed by atoms with Gasteiger partial charge in [0, 0.05) is 12.0 Å². The molecule has 0 N–H and O–H groups in total. The van der Waals surface area contributed by atoms with Crippen molar-refractivity contribution in [2.24, 2.45) is 0 Å². The van der Waals surface area contributed by atoms with Crippen LogP contribution in [0.5, 0.6) is 0 Å². The Morgan fingerprint density at radius 1 is 1.42 bits per heavy atom. The molecule has 0 saturated carbocycles. The molecule has 0 amide bonds. The molecule has 0 radical (unpaired) electrons. The van der Waals surface area contributed by atoms with Crippen molar-refractivity contribution in [3.8, 4) is 0 Å². The molecule has 0 atom stereocenters. The number of esters is 1. The summed E-state index contributed by atoms with van der Waals surface area (Å²) in [6, 6.07) is 1.81. The summed E-state index contributed by atoms with van der Waals surface area (Å²) in [5, 5.41) is 0.774. The molecule has 1 heterocycles. The molecule has 6 heteroatoms. The van der Waals surface area contributed by atoms with E-state index in [-0.39, 0.29) is 17.6 Å². The number of rotatable bonds is 4. The van der Waals surface area contributed by atoms with Crippen LogP contribution in [0.4, 0.5) is 0 Å². The molecular weight excluding hydrogens is 328 g/mol. The van der Waals surface area contributed by atoms with Crippen molar-refractivity contribution in [3.05, 3.63) is 16.5 Å². The highest BCUT2D eigenvalue weighted by Gasteiger charge is 2.17. The van der Waals surface area contributed by atoms with Gasteiger partial charge in [0.05, 0.1) is 5.75 Å². The van der Waals surface area contributed by atoms with Gasteiger partial charge in [0.25, 0.3) is 0 Å². The third kappa shape index (κ3) is 6.38. The van der Waals surface area contributed by atoms with E-state index in [9.17, 15) is 4.79 Å². The molecule has 1 rings (SSSR count). The molecule has 0 saturated heterocycles. The maximum atomic E-state index is 11.6. The molecule has 1 aromatic rings. The Kier molecular flexibility index (Phi) is 5.80. The van der Waals surface area contributed by atoms with E-state index in [1.54, 1.807) is 6.07 Å². The zero-order chi connectivity index (χ0) is 14.6. The van der Waals surface area contributed by atoms with Crippen LogP contribution in [0.3, 0.4) is 0 Å². The molecule has 0 aliphatic rings. The topological polar surface area (TPSA) is 52.1 Å². The van der Waals surface area contributed by atoms with Gasteiger partial charge < -0.3 is 4.74 Å². The molecule has 0 fully saturated rings. The zero-order valence-electron chi connectivity index (χ0n) is 11.9. The first-order chi connectivity index (χ1) is 8.67. The predicted octanol–water partition coefficient (Wildman–Crippen LogP) is 3.80. The molecule has 0 aliphatic heterocycles. The van der Waals surface area contributed by atoms with Gasteiger partial charge in [0.15, 0.2) is 0 Å². The minimum atomic E-state index is -0.451. The number of carbonyl (C=O) groups is 1. The van der Waals surface area contributed by atoms with E-state index in [0.717, 1.165) is 15.5 Å². The summed E-state index contributed by atoms with van der Waals surface area (Å²) < 4.78 is 5.99. The lowest BCUT2D eigenvalue weighted by Gasteiger charge is -2.19. The Balaban J connectivity index is 2.65. The average molecular weight is 347 g/mol. The van der Waals surface area contributed by atoms with Crippen LogP contribution in [0, 0.1) is 0 Å². The first-order valence-electron chi connectivity index (χ1n) is 6.06. The molecule has 1 aromatic heterocycles. The van der Waals surface area contributed by atoms with Crippen molar-refractivity contribution in [1.29, 1.82) is 0 Å². The van der Waals surface area contributed by atoms with E-state index in [1.165, 1.54) is 11.8 Å². The van der Waals surface area contributed by atoms with Gasteiger partial charge in [-0.3, -0.25) is 4.79 Å². The summed E-state index contributed by atoms with van der Waals surface area (Å²) in [5.41, 5.74) is -0.451. The number of aromatic nitrogens is 2. The van der Waals surface area contributed by atoms with Crippen LogP contribution in [0.25, 0.3) is 0 Å². The van der Waals surface area contributed by atoms with E-state index in [0.29, 0.717) is 0 Å². The fourth-order valence-electron chi connectivity index (χ4n) is 1.25. The smallest absolute Gasteiger partial charge is 0.316 e. The number of hydrogen-bond acceptors (Lipinski definition) is 5. The second-order valence-corrected chi connectivity index (χ2v) is 7.23. The van der Waals surface area contributed by atoms with E-state index in [4.69, 9.17) is 4.74 Å². The summed E-state index contributed by atoms with van der Waals surface area (Å²) in [6.45, 7) is 9.63. The van der Waals surface area contributed by atoms with Crippen LogP contribution in [0.1, 0.15) is 46.4 Å². The fraction of sp³-hybridized carbons (Fsp3) is 0.615. The van der Waals surface area contributed by atoms with Gasteiger partial charge in [-0.15, -0.1) is 0 Å². The van der Waals surface area contributed by atoms with Crippen molar-refractivity contribution in [1.82, 2.24) is 9.97 Å². The van der Waals surface area contributed by atoms with E-state index < -0.39 is 5.60 Å². The average Bonchev–Trinajstić information content (AvgIpc) is 2.23. The van der Waals surface area contributed by atoms with Crippen LogP contribution in [0.15, 0.2) is 15.7 Å². The largest absolute Gasteiger partial charge is 0.459 e. The first-order valence-corrected chi connectivity index (χ1v) is 7.84. The van der Waals surface area contributed by atoms with E-state index >= 15 is 0 Å². The summed E-state index contributed by atoms with van der Waals surface area (Å²) in [4.78, 5) is 20.3. The second kappa shape index (κ2) is 6.70. The van der Waals surface area contributed by atoms with Gasteiger partial charge in [-0.25, -0.2) is 9.97 Å². The number of halogens is 1. The van der Waals surface area contributed by atoms with Crippen LogP contribution >= 0.6 is 27.7 Å². The van der Waals surface area contributed by atoms with Gasteiger partial charge in [0.1, 0.15) is 21.1 Å². The zero-order valence-corrected chi connectivity index (χ0v) is 14.3. The summed E-state index contributed by atoms with van der Waals surface area (Å²) in [5.74, 6) is 1.02. The highest BCUT2D eigenvalue weighted by atomic mass is 79.9. The van der Waals surface area contributed by atoms with Crippen molar-refractivity contribution in [3.63, 3.8) is 0 Å². The highest BCUT2D eigenvalue weighted by Crippen LogP contribution is 2.22. The van der Waals surface area contributed by atoms with E-state index in [2.05, 4.69) is 25.9 Å². The molecular formula is C13H19BrN2O2S. The van der Waals surface area contributed by atoms with Crippen molar-refractivity contribution in [2.75, 3.05) is 5.75 Å². The van der Waals surface area contributed by atoms with Crippen LogP contribution < -0.4 is 0 Å². The standard InChI is InChI=1S/C13H19BrN2O2S/c1-8(2)12-15-9(14)6-10(16-12)19-7-11(17)18-13(3,4)5/h6,8H,7H2,1-5H3. The van der Waals surface area contributed by atoms with Crippen LogP contribution in [-0.2, 0) is 9.53 Å². The highest BCUT2D eigenvalue weighted by molar-refractivity contribution is 9.10. The molecule has 106 valence electrons. The Morgan fingerprint density at radius 2 is 2.05 bits per heavy atom. The summed E-state index contributed by atoms with van der Waals surface area (Å²) >= 11 is 4.72. The van der Waals surface area contributed by atoms with Gasteiger partial charge in [-0.05, 0) is 36.7 Å². The SMILES string of the molecule is CC(C)c1nc(Br)cc(SCC(=O)OC(C)(C)C)n1. The lowest BCUT2D eigenvalue weighted by atomic mass is 10.2. The minimum absolute atomic E-state index is 0.238. The maximum Gasteiger partial charge on any atom is 0.316 e. The molecule has 19 heavy (non-hydrogen) atoms. The van der Waals surface area contributed by atoms with Gasteiger partial charge >= 0.3 is 5.97 Å². The van der Waals surface area contributed by atoms with Crippen molar-refractivity contribution >= 4 is 33.7 Å². The number of hydrogen-bond donors (Lipinski definition) is 0. The molecule has 0 aliphatic carbocycles. The van der Waals surface area contributed by atoms with Gasteiger partial charge in [0.2, 0.25) is 0 Å². The van der Waals surface area contributed by atoms with Gasteiger partial charge in [-0.2, -0.15) is 0 Å². The predicted molar refractivity (Wildman–Crippen MR) is 80.4 cm³/mol. The Hall–Kier alpha value is -0.620. The quantitative estimate of drug-likeness (QED) is 0.471. The fourth-order valence-corrected chi connectivity index (χ4v) is 2.48. The van der Waals surface area contributed by atoms with Crippen molar-refractivity contribution < 1.29 is 9.53 Å². The Bertz CT molecular complexity index is 458. The number of nitrogens with zero attached hydrogens (tertiary/aromatic N) is 2. The van der Waals surface area contributed by atoms with Crippen LogP contribution in [-0.4, -0.2) is 27.3 Å². The second-order valence-electron chi connectivity index (χ2n) is 5.42. The molecule has 0 unspecified atom stereocenters. The Morgan fingerprint density at radius 3 is 2.58 bits per heavy atom. The van der Waals surface area contributed by atoms with E-state index in [1.807, 2.05) is 34.6 Å². The number of ether oxygens (including phenoxy) is 1. The molecule has 0 spiro atoms. The van der Waals surface area contributed by atoms with Gasteiger partial charge in [-0.1, -0.05) is 25.6 Å². The van der Waals surface area contributed by atoms with Crippen LogP contribution in [0.2, 0.25) is 0 Å². The number of carbonyl (C=O) groups excluding carboxylic acids is 1. The molecule has 0 bridgehead atoms. The summed E-state index contributed by atoms with van der Waals surface area (Å²) in [7, 11) is 0. The minimum Gasteiger partial charge on any atom is -0.459 e. The maximum absolute atomic E-state index is 11.6.